The molecule has 1 N–H and O–H groups in total. The number of nitrogens with zero attached hydrogens (tertiary/aromatic N) is 1. The van der Waals surface area contributed by atoms with E-state index < -0.39 is 0 Å². The van der Waals surface area contributed by atoms with Gasteiger partial charge in [0.1, 0.15) is 0 Å². The van der Waals surface area contributed by atoms with Gasteiger partial charge in [-0.3, -0.25) is 9.69 Å². The monoisotopic (exact) mass is 284 g/mol. The van der Waals surface area contributed by atoms with Crippen molar-refractivity contribution in [1.82, 2.24) is 10.2 Å². The van der Waals surface area contributed by atoms with E-state index in [1.54, 1.807) is 12.1 Å². The highest BCUT2D eigenvalue weighted by Crippen LogP contribution is 2.24. The number of carbonyl (C=O) groups excluding carboxylic acids is 1. The molecule has 0 radical (unpaired) electrons. The number of likely N-dealkylation sites (tertiary alicyclic amines) is 1. The van der Waals surface area contributed by atoms with Crippen molar-refractivity contribution < 1.29 is 9.21 Å². The number of nitrogens with one attached hydrogen (secondary N) is 1. The van der Waals surface area contributed by atoms with Gasteiger partial charge in [0.2, 0.25) is 0 Å². The van der Waals surface area contributed by atoms with Crippen LogP contribution in [0, 0.1) is 0 Å². The highest BCUT2D eigenvalue weighted by atomic mass is 16.3. The van der Waals surface area contributed by atoms with Crippen LogP contribution < -0.4 is 5.32 Å². The Morgan fingerprint density at radius 2 is 2.10 bits per heavy atom. The van der Waals surface area contributed by atoms with E-state index in [0.717, 1.165) is 19.5 Å². The zero-order valence-corrected chi connectivity index (χ0v) is 12.2. The van der Waals surface area contributed by atoms with E-state index in [1.165, 1.54) is 11.8 Å². The summed E-state index contributed by atoms with van der Waals surface area (Å²) in [6.07, 6.45) is 2.50. The topological polar surface area (TPSA) is 45.5 Å². The molecular weight excluding hydrogens is 264 g/mol. The Morgan fingerprint density at radius 3 is 2.81 bits per heavy atom. The van der Waals surface area contributed by atoms with Crippen LogP contribution in [0.15, 0.2) is 53.1 Å². The quantitative estimate of drug-likeness (QED) is 0.939. The number of benzene rings is 1. The molecule has 2 heterocycles. The summed E-state index contributed by atoms with van der Waals surface area (Å²) >= 11 is 0. The molecule has 1 amide bonds. The maximum Gasteiger partial charge on any atom is 0.287 e. The lowest BCUT2D eigenvalue weighted by Gasteiger charge is -2.24. The molecule has 21 heavy (non-hydrogen) atoms. The van der Waals surface area contributed by atoms with E-state index in [-0.39, 0.29) is 11.9 Å². The van der Waals surface area contributed by atoms with Crippen LogP contribution in [0.3, 0.4) is 0 Å². The molecule has 4 nitrogen and oxygen atoms in total. The zero-order chi connectivity index (χ0) is 14.7. The van der Waals surface area contributed by atoms with Crippen LogP contribution in [-0.2, 0) is 0 Å². The van der Waals surface area contributed by atoms with E-state index in [1.807, 2.05) is 6.07 Å². The van der Waals surface area contributed by atoms with Gasteiger partial charge < -0.3 is 9.73 Å². The summed E-state index contributed by atoms with van der Waals surface area (Å²) < 4.78 is 5.12. The predicted molar refractivity (Wildman–Crippen MR) is 81.0 cm³/mol. The van der Waals surface area contributed by atoms with Gasteiger partial charge >= 0.3 is 0 Å². The predicted octanol–water partition coefficient (Wildman–Crippen LogP) is 2.84. The summed E-state index contributed by atoms with van der Waals surface area (Å²) in [5, 5.41) is 3.04. The van der Waals surface area contributed by atoms with Crippen molar-refractivity contribution >= 4 is 5.91 Å². The van der Waals surface area contributed by atoms with Crippen molar-refractivity contribution in [2.75, 3.05) is 13.1 Å². The second-order valence-corrected chi connectivity index (χ2v) is 5.52. The van der Waals surface area contributed by atoms with E-state index in [4.69, 9.17) is 4.42 Å². The number of hydrogen-bond acceptors (Lipinski definition) is 3. The van der Waals surface area contributed by atoms with Crippen LogP contribution in [-0.4, -0.2) is 29.9 Å². The summed E-state index contributed by atoms with van der Waals surface area (Å²) in [6.45, 7) is 4.09. The van der Waals surface area contributed by atoms with Crippen molar-refractivity contribution in [3.05, 3.63) is 60.1 Å². The van der Waals surface area contributed by atoms with Crippen molar-refractivity contribution in [3.8, 4) is 0 Å². The first kappa shape index (κ1) is 13.9. The van der Waals surface area contributed by atoms with Gasteiger partial charge in [-0.05, 0) is 31.0 Å². The molecule has 1 aromatic carbocycles. The number of furan rings is 1. The molecule has 4 heteroatoms. The van der Waals surface area contributed by atoms with Gasteiger partial charge in [-0.2, -0.15) is 0 Å². The fraction of sp³-hybridized carbons (Fsp3) is 0.353. The number of rotatable bonds is 4. The number of hydrogen-bond donors (Lipinski definition) is 1. The van der Waals surface area contributed by atoms with Crippen LogP contribution in [0.4, 0.5) is 0 Å². The molecule has 1 fully saturated rings. The number of carbonyl (C=O) groups is 1. The molecule has 2 aromatic rings. The van der Waals surface area contributed by atoms with E-state index in [9.17, 15) is 4.79 Å². The fourth-order valence-electron chi connectivity index (χ4n) is 2.86. The van der Waals surface area contributed by atoms with Crippen LogP contribution >= 0.6 is 0 Å². The van der Waals surface area contributed by atoms with Crippen LogP contribution in [0.2, 0.25) is 0 Å². The highest BCUT2D eigenvalue weighted by molar-refractivity contribution is 5.91. The lowest BCUT2D eigenvalue weighted by Crippen LogP contribution is -2.37. The third kappa shape index (κ3) is 3.16. The molecule has 0 saturated carbocycles. The summed E-state index contributed by atoms with van der Waals surface area (Å²) in [5.74, 6) is 0.253. The second kappa shape index (κ2) is 6.14. The van der Waals surface area contributed by atoms with Gasteiger partial charge in [-0.25, -0.2) is 0 Å². The molecule has 1 aliphatic heterocycles. The van der Waals surface area contributed by atoms with E-state index in [2.05, 4.69) is 41.4 Å². The lowest BCUT2D eigenvalue weighted by molar-refractivity contribution is 0.0908. The van der Waals surface area contributed by atoms with Gasteiger partial charge in [0.15, 0.2) is 5.76 Å². The first-order valence-corrected chi connectivity index (χ1v) is 7.37. The van der Waals surface area contributed by atoms with Crippen molar-refractivity contribution in [2.45, 2.75) is 25.4 Å². The maximum atomic E-state index is 12.0. The third-order valence-electron chi connectivity index (χ3n) is 4.13. The minimum atomic E-state index is -0.126. The molecule has 0 spiro atoms. The molecule has 1 aliphatic rings. The van der Waals surface area contributed by atoms with Crippen LogP contribution in [0.1, 0.15) is 35.5 Å². The zero-order valence-electron chi connectivity index (χ0n) is 12.2. The Hall–Kier alpha value is -2.07. The molecule has 1 aromatic heterocycles. The molecule has 0 unspecified atom stereocenters. The summed E-state index contributed by atoms with van der Waals surface area (Å²) in [5.41, 5.74) is 1.32. The average Bonchev–Trinajstić information content (AvgIpc) is 3.19. The van der Waals surface area contributed by atoms with E-state index >= 15 is 0 Å². The Balaban J connectivity index is 1.57. The maximum absolute atomic E-state index is 12.0. The Kier molecular flexibility index (Phi) is 4.06. The minimum Gasteiger partial charge on any atom is -0.459 e. The summed E-state index contributed by atoms with van der Waals surface area (Å²) in [6, 6.07) is 14.5. The molecule has 3 rings (SSSR count). The third-order valence-corrected chi connectivity index (χ3v) is 4.13. The molecule has 0 bridgehead atoms. The van der Waals surface area contributed by atoms with Crippen molar-refractivity contribution in [2.24, 2.45) is 0 Å². The molecule has 2 atom stereocenters. The normalized spacial score (nSPS) is 20.3. The lowest BCUT2D eigenvalue weighted by atomic mass is 10.1. The smallest absolute Gasteiger partial charge is 0.287 e. The summed E-state index contributed by atoms with van der Waals surface area (Å²) in [7, 11) is 0. The Labute approximate surface area is 124 Å². The average molecular weight is 284 g/mol. The van der Waals surface area contributed by atoms with Gasteiger partial charge in [-0.15, -0.1) is 0 Å². The highest BCUT2D eigenvalue weighted by Gasteiger charge is 2.28. The Morgan fingerprint density at radius 1 is 1.29 bits per heavy atom. The second-order valence-electron chi connectivity index (χ2n) is 5.52. The van der Waals surface area contributed by atoms with E-state index in [0.29, 0.717) is 11.8 Å². The largest absolute Gasteiger partial charge is 0.459 e. The van der Waals surface area contributed by atoms with Crippen molar-refractivity contribution in [1.29, 1.82) is 0 Å². The minimum absolute atomic E-state index is 0.126. The number of amides is 1. The molecule has 0 aliphatic carbocycles. The van der Waals surface area contributed by atoms with Gasteiger partial charge in [0, 0.05) is 25.2 Å². The van der Waals surface area contributed by atoms with Crippen LogP contribution in [0.5, 0.6) is 0 Å². The standard InChI is InChI=1S/C17H20N2O2/c1-13(14-6-3-2-4-7-14)19-10-9-15(12-19)18-17(20)16-8-5-11-21-16/h2-8,11,13,15H,9-10,12H2,1H3,(H,18,20)/t13-,15-/m0/s1. The van der Waals surface area contributed by atoms with Gasteiger partial charge in [0.05, 0.1) is 6.26 Å². The van der Waals surface area contributed by atoms with Crippen LogP contribution in [0.25, 0.3) is 0 Å². The molecular formula is C17H20N2O2. The Bertz CT molecular complexity index is 580. The molecule has 110 valence electrons. The SMILES string of the molecule is C[C@@H](c1ccccc1)N1CC[C@H](NC(=O)c2ccco2)C1. The van der Waals surface area contributed by atoms with Crippen molar-refractivity contribution in [3.63, 3.8) is 0 Å². The van der Waals surface area contributed by atoms with Gasteiger partial charge in [-0.1, -0.05) is 30.3 Å². The van der Waals surface area contributed by atoms with Gasteiger partial charge in [0.25, 0.3) is 5.91 Å². The fourth-order valence-corrected chi connectivity index (χ4v) is 2.86. The first-order valence-electron chi connectivity index (χ1n) is 7.37. The molecule has 1 saturated heterocycles. The summed E-state index contributed by atoms with van der Waals surface area (Å²) in [4.78, 5) is 14.4. The first-order chi connectivity index (χ1) is 10.2.